The summed E-state index contributed by atoms with van der Waals surface area (Å²) in [5, 5.41) is 12.5. The molecule has 2 aromatic carbocycles. The van der Waals surface area contributed by atoms with E-state index in [0.29, 0.717) is 11.1 Å². The molecule has 1 fully saturated rings. The fourth-order valence-electron chi connectivity index (χ4n) is 3.58. The summed E-state index contributed by atoms with van der Waals surface area (Å²) in [4.78, 5) is 30.0. The summed E-state index contributed by atoms with van der Waals surface area (Å²) in [6.07, 6.45) is -2.14. The number of carbonyl (C=O) groups is 2. The highest BCUT2D eigenvalue weighted by atomic mass is 19.4. The van der Waals surface area contributed by atoms with Crippen molar-refractivity contribution < 1.29 is 32.7 Å². The van der Waals surface area contributed by atoms with Gasteiger partial charge in [0.25, 0.3) is 0 Å². The van der Waals surface area contributed by atoms with Crippen LogP contribution in [0, 0.1) is 0 Å². The van der Waals surface area contributed by atoms with Crippen molar-refractivity contribution in [3.05, 3.63) is 59.8 Å². The van der Waals surface area contributed by atoms with Crippen molar-refractivity contribution in [2.24, 2.45) is 5.90 Å². The minimum Gasteiger partial charge on any atom is -0.475 e. The number of hydrogen-bond acceptors (Lipinski definition) is 7. The molecule has 12 heteroatoms. The smallest absolute Gasteiger partial charge is 0.475 e. The summed E-state index contributed by atoms with van der Waals surface area (Å²) < 4.78 is 33.5. The first-order valence-corrected chi connectivity index (χ1v) is 10.8. The first kappa shape index (κ1) is 26.1. The third-order valence-electron chi connectivity index (χ3n) is 5.62. The topological polar surface area (TPSA) is 114 Å². The average Bonchev–Trinajstić information content (AvgIpc) is 3.28. The molecular formula is C23H26F3N5O4. The molecule has 0 bridgehead atoms. The van der Waals surface area contributed by atoms with Gasteiger partial charge in [-0.25, -0.2) is 14.3 Å². The quantitative estimate of drug-likeness (QED) is 0.521. The number of rotatable bonds is 5. The molecule has 1 aliphatic rings. The number of carboxylic acid groups (broad SMARTS) is 1. The van der Waals surface area contributed by atoms with E-state index in [1.165, 1.54) is 5.56 Å². The average molecular weight is 493 g/mol. The van der Waals surface area contributed by atoms with Gasteiger partial charge in [0.05, 0.1) is 11.3 Å². The number of halogens is 3. The van der Waals surface area contributed by atoms with E-state index in [-0.39, 0.29) is 0 Å². The van der Waals surface area contributed by atoms with Crippen LogP contribution in [-0.4, -0.2) is 82.6 Å². The predicted molar refractivity (Wildman–Crippen MR) is 122 cm³/mol. The number of fused-ring (bicyclic) bond motifs is 1. The van der Waals surface area contributed by atoms with Crippen molar-refractivity contribution in [2.45, 2.75) is 12.6 Å². The van der Waals surface area contributed by atoms with Crippen molar-refractivity contribution in [2.75, 3.05) is 39.8 Å². The largest absolute Gasteiger partial charge is 0.490 e. The summed E-state index contributed by atoms with van der Waals surface area (Å²) >= 11 is 0. The molecule has 0 amide bonds. The number of alkyl halides is 3. The van der Waals surface area contributed by atoms with Crippen LogP contribution in [0.25, 0.3) is 16.6 Å². The first-order chi connectivity index (χ1) is 16.6. The lowest BCUT2D eigenvalue weighted by Gasteiger charge is -2.32. The maximum Gasteiger partial charge on any atom is 0.490 e. The Kier molecular flexibility index (Phi) is 8.43. The lowest BCUT2D eigenvalue weighted by atomic mass is 10.1. The van der Waals surface area contributed by atoms with E-state index in [2.05, 4.69) is 51.0 Å². The zero-order chi connectivity index (χ0) is 25.6. The van der Waals surface area contributed by atoms with Crippen LogP contribution in [0.5, 0.6) is 0 Å². The van der Waals surface area contributed by atoms with Crippen LogP contribution < -0.4 is 5.90 Å². The van der Waals surface area contributed by atoms with Crippen LogP contribution in [-0.2, 0) is 16.1 Å². The number of aliphatic carboxylic acids is 1. The summed E-state index contributed by atoms with van der Waals surface area (Å²) in [7, 11) is 2.18. The molecule has 0 unspecified atom stereocenters. The van der Waals surface area contributed by atoms with Gasteiger partial charge >= 0.3 is 18.1 Å². The summed E-state index contributed by atoms with van der Waals surface area (Å²) in [6, 6.07) is 13.8. The van der Waals surface area contributed by atoms with Gasteiger partial charge in [0.15, 0.2) is 0 Å². The Morgan fingerprint density at radius 3 is 2.29 bits per heavy atom. The summed E-state index contributed by atoms with van der Waals surface area (Å²) in [5.74, 6) is 1.68. The summed E-state index contributed by atoms with van der Waals surface area (Å²) in [6.45, 7) is 5.66. The molecule has 4 rings (SSSR count). The van der Waals surface area contributed by atoms with E-state index >= 15 is 0 Å². The number of aromatic nitrogens is 2. The molecule has 1 aliphatic heterocycles. The second-order valence-corrected chi connectivity index (χ2v) is 8.09. The maximum atomic E-state index is 11.8. The highest BCUT2D eigenvalue weighted by molar-refractivity contribution is 6.02. The lowest BCUT2D eigenvalue weighted by Crippen LogP contribution is -2.45. The van der Waals surface area contributed by atoms with E-state index < -0.39 is 18.1 Å². The van der Waals surface area contributed by atoms with Crippen molar-refractivity contribution >= 4 is 22.8 Å². The first-order valence-electron chi connectivity index (χ1n) is 10.8. The highest BCUT2D eigenvalue weighted by Gasteiger charge is 2.38. The molecule has 0 saturated carbocycles. The van der Waals surface area contributed by atoms with Gasteiger partial charge in [-0.1, -0.05) is 24.3 Å². The molecule has 0 spiro atoms. The fraction of sp³-hybridized carbons (Fsp3) is 0.348. The van der Waals surface area contributed by atoms with Gasteiger partial charge in [-0.2, -0.15) is 24.2 Å². The van der Waals surface area contributed by atoms with E-state index in [1.807, 2.05) is 12.3 Å². The third kappa shape index (κ3) is 7.01. The third-order valence-corrected chi connectivity index (χ3v) is 5.62. The molecule has 0 aliphatic carbocycles. The van der Waals surface area contributed by atoms with Crippen LogP contribution in [0.3, 0.4) is 0 Å². The van der Waals surface area contributed by atoms with Gasteiger partial charge < -0.3 is 19.7 Å². The van der Waals surface area contributed by atoms with Crippen molar-refractivity contribution in [1.82, 2.24) is 19.6 Å². The number of carboxylic acids is 1. The molecule has 3 aromatic rings. The van der Waals surface area contributed by atoms with Crippen LogP contribution in [0.15, 0.2) is 48.7 Å². The SMILES string of the molecule is CN1CCN(CCc2ccc(-n3cc4cccc(C(=O)ON)c4n3)cc2)CC1.O=C(O)C(F)(F)F. The number of nitrogens with two attached hydrogens (primary N) is 1. The standard InChI is InChI=1S/C21H25N5O2.C2HF3O2/c1-24-11-13-25(14-12-24)10-9-16-5-7-18(8-6-16)26-15-17-3-2-4-19(20(17)23-26)21(27)28-22;3-2(4,5)1(6)7/h2-8,15H,9-14,22H2,1H3;(H,6,7). The Bertz CT molecular complexity index is 1160. The van der Waals surface area contributed by atoms with Gasteiger partial charge in [0.2, 0.25) is 0 Å². The zero-order valence-electron chi connectivity index (χ0n) is 19.0. The van der Waals surface area contributed by atoms with E-state index in [0.717, 1.165) is 50.2 Å². The molecule has 1 saturated heterocycles. The molecule has 1 aromatic heterocycles. The van der Waals surface area contributed by atoms with Crippen molar-refractivity contribution in [1.29, 1.82) is 0 Å². The molecule has 188 valence electrons. The van der Waals surface area contributed by atoms with Crippen LogP contribution >= 0.6 is 0 Å². The van der Waals surface area contributed by atoms with Gasteiger partial charge in [-0.15, -0.1) is 0 Å². The number of nitrogens with zero attached hydrogens (tertiary/aromatic N) is 4. The molecule has 0 atom stereocenters. The monoisotopic (exact) mass is 493 g/mol. The summed E-state index contributed by atoms with van der Waals surface area (Å²) in [5.41, 5.74) is 3.21. The van der Waals surface area contributed by atoms with Crippen LogP contribution in [0.1, 0.15) is 15.9 Å². The van der Waals surface area contributed by atoms with Gasteiger partial charge in [-0.3, -0.25) is 0 Å². The second kappa shape index (κ2) is 11.3. The number of likely N-dealkylation sites (N-methyl/N-ethyl adjacent to an activating group) is 1. The Morgan fingerprint density at radius 1 is 1.09 bits per heavy atom. The zero-order valence-corrected chi connectivity index (χ0v) is 19.0. The molecule has 9 nitrogen and oxygen atoms in total. The minimum absolute atomic E-state index is 0.363. The lowest BCUT2D eigenvalue weighted by molar-refractivity contribution is -0.192. The van der Waals surface area contributed by atoms with Crippen LogP contribution in [0.2, 0.25) is 0 Å². The normalized spacial score (nSPS) is 14.9. The number of hydrogen-bond donors (Lipinski definition) is 2. The van der Waals surface area contributed by atoms with Gasteiger partial charge in [0.1, 0.15) is 5.52 Å². The number of carbonyl (C=O) groups excluding carboxylic acids is 1. The molecule has 3 N–H and O–H groups in total. The Labute approximate surface area is 199 Å². The Morgan fingerprint density at radius 2 is 1.71 bits per heavy atom. The highest BCUT2D eigenvalue weighted by Crippen LogP contribution is 2.20. The van der Waals surface area contributed by atoms with Crippen molar-refractivity contribution in [3.63, 3.8) is 0 Å². The maximum absolute atomic E-state index is 11.8. The van der Waals surface area contributed by atoms with E-state index in [4.69, 9.17) is 15.8 Å². The molecule has 0 radical (unpaired) electrons. The minimum atomic E-state index is -5.08. The number of benzene rings is 2. The molecular weight excluding hydrogens is 467 g/mol. The Balaban J connectivity index is 0.000000429. The van der Waals surface area contributed by atoms with E-state index in [9.17, 15) is 18.0 Å². The predicted octanol–water partition coefficient (Wildman–Crippen LogP) is 2.48. The van der Waals surface area contributed by atoms with Crippen molar-refractivity contribution in [3.8, 4) is 5.69 Å². The molecule has 2 heterocycles. The van der Waals surface area contributed by atoms with Crippen LogP contribution in [0.4, 0.5) is 13.2 Å². The van der Waals surface area contributed by atoms with Gasteiger partial charge in [-0.05, 0) is 37.2 Å². The fourth-order valence-corrected chi connectivity index (χ4v) is 3.58. The molecule has 35 heavy (non-hydrogen) atoms. The Hall–Kier alpha value is -3.48. The second-order valence-electron chi connectivity index (χ2n) is 8.09. The van der Waals surface area contributed by atoms with Gasteiger partial charge in [0, 0.05) is 44.3 Å². The van der Waals surface area contributed by atoms with E-state index in [1.54, 1.807) is 16.8 Å². The number of piperazine rings is 1.